The lowest BCUT2D eigenvalue weighted by molar-refractivity contribution is 0.126. The molecule has 0 bridgehead atoms. The zero-order valence-corrected chi connectivity index (χ0v) is 17.7. The van der Waals surface area contributed by atoms with Crippen molar-refractivity contribution in [3.8, 4) is 0 Å². The number of aryl methyl sites for hydroxylation is 1. The van der Waals surface area contributed by atoms with Crippen LogP contribution in [-0.2, 0) is 0 Å². The summed E-state index contributed by atoms with van der Waals surface area (Å²) in [7, 11) is 0. The normalized spacial score (nSPS) is 14.6. The third kappa shape index (κ3) is 4.94. The minimum Gasteiger partial charge on any atom is -0.322 e. The van der Waals surface area contributed by atoms with Gasteiger partial charge in [0.2, 0.25) is 0 Å². The molecule has 3 aromatic carbocycles. The molecule has 1 saturated heterocycles. The topological polar surface area (TPSA) is 35.6 Å². The SMILES string of the molecule is Cc1ccc(F)c(NC(=O)N2CCN(C(c3ccc(F)cc3)c3ccc(F)cc3)CC2)c1. The molecule has 1 aliphatic heterocycles. The molecule has 3 aromatic rings. The van der Waals surface area contributed by atoms with Crippen LogP contribution in [0, 0.1) is 24.4 Å². The molecule has 0 aliphatic carbocycles. The number of halogens is 3. The maximum atomic E-state index is 14.0. The van der Waals surface area contributed by atoms with Crippen LogP contribution in [-0.4, -0.2) is 42.0 Å². The molecular formula is C25H24F3N3O. The van der Waals surface area contributed by atoms with Gasteiger partial charge in [-0.3, -0.25) is 4.90 Å². The van der Waals surface area contributed by atoms with Gasteiger partial charge in [0.1, 0.15) is 17.5 Å². The van der Waals surface area contributed by atoms with Crippen molar-refractivity contribution in [2.24, 2.45) is 0 Å². The zero-order valence-electron chi connectivity index (χ0n) is 17.7. The molecular weight excluding hydrogens is 415 g/mol. The molecule has 0 aromatic heterocycles. The van der Waals surface area contributed by atoms with Crippen molar-refractivity contribution in [2.45, 2.75) is 13.0 Å². The number of benzene rings is 3. The number of piperazine rings is 1. The molecule has 2 amide bonds. The zero-order chi connectivity index (χ0) is 22.7. The average molecular weight is 439 g/mol. The minimum atomic E-state index is -0.477. The van der Waals surface area contributed by atoms with Crippen LogP contribution in [0.15, 0.2) is 66.7 Å². The van der Waals surface area contributed by atoms with Crippen LogP contribution in [0.2, 0.25) is 0 Å². The van der Waals surface area contributed by atoms with Gasteiger partial charge < -0.3 is 10.2 Å². The fraction of sp³-hybridized carbons (Fsp3) is 0.240. The second kappa shape index (κ2) is 9.44. The van der Waals surface area contributed by atoms with Gasteiger partial charge in [-0.1, -0.05) is 30.3 Å². The average Bonchev–Trinajstić information content (AvgIpc) is 2.79. The Morgan fingerprint density at radius 2 is 1.34 bits per heavy atom. The van der Waals surface area contributed by atoms with Gasteiger partial charge in [-0.2, -0.15) is 0 Å². The number of hydrogen-bond donors (Lipinski definition) is 1. The highest BCUT2D eigenvalue weighted by Crippen LogP contribution is 2.30. The Morgan fingerprint density at radius 3 is 1.88 bits per heavy atom. The first-order valence-electron chi connectivity index (χ1n) is 10.5. The molecule has 166 valence electrons. The lowest BCUT2D eigenvalue weighted by atomic mass is 9.96. The highest BCUT2D eigenvalue weighted by Gasteiger charge is 2.28. The smallest absolute Gasteiger partial charge is 0.322 e. The van der Waals surface area contributed by atoms with Crippen LogP contribution >= 0.6 is 0 Å². The highest BCUT2D eigenvalue weighted by atomic mass is 19.1. The first-order chi connectivity index (χ1) is 15.4. The van der Waals surface area contributed by atoms with Gasteiger partial charge >= 0.3 is 6.03 Å². The van der Waals surface area contributed by atoms with Crippen molar-refractivity contribution < 1.29 is 18.0 Å². The van der Waals surface area contributed by atoms with Crippen LogP contribution in [0.5, 0.6) is 0 Å². The first-order valence-corrected chi connectivity index (χ1v) is 10.5. The lowest BCUT2D eigenvalue weighted by Crippen LogP contribution is -2.51. The summed E-state index contributed by atoms with van der Waals surface area (Å²) in [6.45, 7) is 3.83. The maximum Gasteiger partial charge on any atom is 0.322 e. The summed E-state index contributed by atoms with van der Waals surface area (Å²) in [5, 5.41) is 2.65. The van der Waals surface area contributed by atoms with Crippen LogP contribution in [0.4, 0.5) is 23.7 Å². The van der Waals surface area contributed by atoms with Gasteiger partial charge in [0.15, 0.2) is 0 Å². The van der Waals surface area contributed by atoms with E-state index in [1.807, 2.05) is 6.92 Å². The van der Waals surface area contributed by atoms with Crippen molar-refractivity contribution in [1.29, 1.82) is 0 Å². The van der Waals surface area contributed by atoms with Crippen molar-refractivity contribution in [3.05, 3.63) is 101 Å². The van der Waals surface area contributed by atoms with Gasteiger partial charge in [0, 0.05) is 26.2 Å². The number of hydrogen-bond acceptors (Lipinski definition) is 2. The number of anilines is 1. The molecule has 4 nitrogen and oxygen atoms in total. The van der Waals surface area contributed by atoms with Gasteiger partial charge in [0.05, 0.1) is 11.7 Å². The maximum absolute atomic E-state index is 14.0. The van der Waals surface area contributed by atoms with Crippen molar-refractivity contribution in [2.75, 3.05) is 31.5 Å². The number of nitrogens with zero attached hydrogens (tertiary/aromatic N) is 2. The Morgan fingerprint density at radius 1 is 0.812 bits per heavy atom. The molecule has 4 rings (SSSR count). The molecule has 1 heterocycles. The van der Waals surface area contributed by atoms with E-state index in [1.165, 1.54) is 30.3 Å². The van der Waals surface area contributed by atoms with Gasteiger partial charge in [0.25, 0.3) is 0 Å². The molecule has 0 atom stereocenters. The van der Waals surface area contributed by atoms with Crippen molar-refractivity contribution in [1.82, 2.24) is 9.80 Å². The van der Waals surface area contributed by atoms with E-state index in [-0.39, 0.29) is 29.4 Å². The van der Waals surface area contributed by atoms with Crippen molar-refractivity contribution in [3.63, 3.8) is 0 Å². The van der Waals surface area contributed by atoms with Crippen molar-refractivity contribution >= 4 is 11.7 Å². The summed E-state index contributed by atoms with van der Waals surface area (Å²) in [6, 6.07) is 16.6. The fourth-order valence-electron chi connectivity index (χ4n) is 4.02. The van der Waals surface area contributed by atoms with Gasteiger partial charge in [-0.25, -0.2) is 18.0 Å². The molecule has 32 heavy (non-hydrogen) atoms. The van der Waals surface area contributed by atoms with E-state index in [0.29, 0.717) is 26.2 Å². The largest absolute Gasteiger partial charge is 0.322 e. The third-order valence-corrected chi connectivity index (χ3v) is 5.70. The summed E-state index contributed by atoms with van der Waals surface area (Å²) in [4.78, 5) is 16.5. The van der Waals surface area contributed by atoms with Gasteiger partial charge in [-0.15, -0.1) is 0 Å². The van der Waals surface area contributed by atoms with E-state index in [0.717, 1.165) is 16.7 Å². The molecule has 1 aliphatic rings. The molecule has 1 N–H and O–H groups in total. The summed E-state index contributed by atoms with van der Waals surface area (Å²) in [5.41, 5.74) is 2.79. The summed E-state index contributed by atoms with van der Waals surface area (Å²) >= 11 is 0. The van der Waals surface area contributed by atoms with Crippen LogP contribution in [0.25, 0.3) is 0 Å². The molecule has 0 radical (unpaired) electrons. The Bertz CT molecular complexity index is 1030. The molecule has 0 spiro atoms. The number of carbonyl (C=O) groups is 1. The predicted octanol–water partition coefficient (Wildman–Crippen LogP) is 5.35. The fourth-order valence-corrected chi connectivity index (χ4v) is 4.02. The molecule has 1 fully saturated rings. The number of urea groups is 1. The summed E-state index contributed by atoms with van der Waals surface area (Å²) in [6.07, 6.45) is 0. The Kier molecular flexibility index (Phi) is 6.46. The van der Waals surface area contributed by atoms with Crippen LogP contribution in [0.3, 0.4) is 0 Å². The van der Waals surface area contributed by atoms with E-state index in [1.54, 1.807) is 41.3 Å². The van der Waals surface area contributed by atoms with E-state index < -0.39 is 5.82 Å². The monoisotopic (exact) mass is 439 g/mol. The summed E-state index contributed by atoms with van der Waals surface area (Å²) < 4.78 is 41.0. The third-order valence-electron chi connectivity index (χ3n) is 5.70. The second-order valence-electron chi connectivity index (χ2n) is 7.94. The highest BCUT2D eigenvalue weighted by molar-refractivity contribution is 5.89. The summed E-state index contributed by atoms with van der Waals surface area (Å²) in [5.74, 6) is -1.12. The number of carbonyl (C=O) groups excluding carboxylic acids is 1. The Labute approximate surface area is 185 Å². The number of amides is 2. The minimum absolute atomic E-state index is 0.160. The first kappa shape index (κ1) is 21.9. The standard InChI is InChI=1S/C25H24F3N3O/c1-17-2-11-22(28)23(16-17)29-25(32)31-14-12-30(13-15-31)24(18-3-7-20(26)8-4-18)19-5-9-21(27)10-6-19/h2-11,16,24H,12-15H2,1H3,(H,29,32). The lowest BCUT2D eigenvalue weighted by Gasteiger charge is -2.39. The molecule has 7 heteroatoms. The molecule has 0 unspecified atom stereocenters. The predicted molar refractivity (Wildman–Crippen MR) is 118 cm³/mol. The number of nitrogens with one attached hydrogen (secondary N) is 1. The van der Waals surface area contributed by atoms with E-state index in [9.17, 15) is 18.0 Å². The Balaban J connectivity index is 1.48. The Hall–Kier alpha value is -3.32. The van der Waals surface area contributed by atoms with E-state index in [4.69, 9.17) is 0 Å². The van der Waals surface area contributed by atoms with E-state index >= 15 is 0 Å². The van der Waals surface area contributed by atoms with Crippen LogP contribution < -0.4 is 5.32 Å². The number of rotatable bonds is 4. The van der Waals surface area contributed by atoms with E-state index in [2.05, 4.69) is 10.2 Å². The van der Waals surface area contributed by atoms with Crippen LogP contribution in [0.1, 0.15) is 22.7 Å². The molecule has 0 saturated carbocycles. The quantitative estimate of drug-likeness (QED) is 0.595. The second-order valence-corrected chi connectivity index (χ2v) is 7.94. The van der Waals surface area contributed by atoms with Gasteiger partial charge in [-0.05, 0) is 60.0 Å².